The van der Waals surface area contributed by atoms with Crippen LogP contribution in [0.1, 0.15) is 53.7 Å². The first kappa shape index (κ1) is 18.6. The van der Waals surface area contributed by atoms with Gasteiger partial charge in [-0.2, -0.15) is 0 Å². The minimum atomic E-state index is -0.305. The summed E-state index contributed by atoms with van der Waals surface area (Å²) in [5.41, 5.74) is 3.88. The summed E-state index contributed by atoms with van der Waals surface area (Å²) in [5.74, 6) is 0.341. The van der Waals surface area contributed by atoms with Crippen LogP contribution in [0.3, 0.4) is 0 Å². The van der Waals surface area contributed by atoms with Crippen molar-refractivity contribution in [3.8, 4) is 11.4 Å². The highest BCUT2D eigenvalue weighted by Crippen LogP contribution is 2.42. The molecule has 1 aromatic heterocycles. The van der Waals surface area contributed by atoms with Crippen molar-refractivity contribution in [3.63, 3.8) is 0 Å². The number of rotatable bonds is 6. The number of hydrogen-bond acceptors (Lipinski definition) is 4. The van der Waals surface area contributed by atoms with Crippen LogP contribution in [-0.2, 0) is 12.8 Å². The van der Waals surface area contributed by atoms with Crippen LogP contribution in [0.5, 0.6) is 0 Å². The average Bonchev–Trinajstić information content (AvgIpc) is 3.31. The molecule has 1 atom stereocenters. The van der Waals surface area contributed by atoms with Crippen LogP contribution in [0.25, 0.3) is 11.4 Å². The third-order valence-corrected chi connectivity index (χ3v) is 6.78. The molecule has 3 aromatic rings. The average molecular weight is 408 g/mol. The predicted octanol–water partition coefficient (Wildman–Crippen LogP) is 5.27. The maximum atomic E-state index is 14.3. The third-order valence-electron chi connectivity index (χ3n) is 5.73. The van der Waals surface area contributed by atoms with Gasteiger partial charge in [0.1, 0.15) is 5.82 Å². The number of aromatic nitrogens is 3. The standard InChI is InChI=1S/C23H22FN3OS/c1-14(21(28)17-10-9-15-5-4-6-16(15)13-17)29-23-26-25-22(27(23)18-11-12-18)19-7-2-3-8-20(19)24/h2-3,7-10,13-14,18H,4-6,11-12H2,1H3/t14-/m0/s1. The van der Waals surface area contributed by atoms with Crippen LogP contribution < -0.4 is 0 Å². The Kier molecular flexibility index (Phi) is 4.74. The fourth-order valence-electron chi connectivity index (χ4n) is 4.02. The summed E-state index contributed by atoms with van der Waals surface area (Å²) < 4.78 is 16.3. The van der Waals surface area contributed by atoms with Gasteiger partial charge in [0.25, 0.3) is 0 Å². The number of carbonyl (C=O) groups is 1. The van der Waals surface area contributed by atoms with E-state index in [9.17, 15) is 9.18 Å². The Morgan fingerprint density at radius 3 is 2.72 bits per heavy atom. The molecule has 1 fully saturated rings. The first-order chi connectivity index (χ1) is 14.1. The largest absolute Gasteiger partial charge is 0.299 e. The number of halogens is 1. The minimum Gasteiger partial charge on any atom is -0.299 e. The Hall–Kier alpha value is -2.47. The van der Waals surface area contributed by atoms with Crippen LogP contribution in [0.4, 0.5) is 4.39 Å². The fraction of sp³-hybridized carbons (Fsp3) is 0.348. The molecule has 0 bridgehead atoms. The quantitative estimate of drug-likeness (QED) is 0.412. The highest BCUT2D eigenvalue weighted by atomic mass is 32.2. The lowest BCUT2D eigenvalue weighted by Crippen LogP contribution is -2.15. The van der Waals surface area contributed by atoms with Crippen LogP contribution in [0, 0.1) is 5.82 Å². The van der Waals surface area contributed by atoms with Gasteiger partial charge in [-0.05, 0) is 68.4 Å². The summed E-state index contributed by atoms with van der Waals surface area (Å²) in [4.78, 5) is 13.0. The molecule has 0 saturated heterocycles. The van der Waals surface area contributed by atoms with Crippen LogP contribution in [-0.4, -0.2) is 25.8 Å². The summed E-state index contributed by atoms with van der Waals surface area (Å²) in [6.07, 6.45) is 5.39. The Morgan fingerprint density at radius 1 is 1.14 bits per heavy atom. The number of aryl methyl sites for hydroxylation is 2. The van der Waals surface area contributed by atoms with E-state index < -0.39 is 0 Å². The number of fused-ring (bicyclic) bond motifs is 1. The van der Waals surface area contributed by atoms with Gasteiger partial charge in [0, 0.05) is 11.6 Å². The van der Waals surface area contributed by atoms with Gasteiger partial charge in [-0.25, -0.2) is 4.39 Å². The van der Waals surface area contributed by atoms with Crippen molar-refractivity contribution < 1.29 is 9.18 Å². The second kappa shape index (κ2) is 7.41. The lowest BCUT2D eigenvalue weighted by Gasteiger charge is -2.13. The van der Waals surface area contributed by atoms with E-state index in [0.717, 1.165) is 31.2 Å². The second-order valence-corrected chi connectivity index (χ2v) is 9.16. The van der Waals surface area contributed by atoms with Gasteiger partial charge in [-0.1, -0.05) is 36.0 Å². The Morgan fingerprint density at radius 2 is 1.93 bits per heavy atom. The number of Topliss-reactive ketones (excluding diaryl/α,β-unsaturated/α-hetero) is 1. The molecule has 148 valence electrons. The Bertz CT molecular complexity index is 1090. The maximum absolute atomic E-state index is 14.3. The van der Waals surface area contributed by atoms with E-state index in [0.29, 0.717) is 16.5 Å². The van der Waals surface area contributed by atoms with Gasteiger partial charge >= 0.3 is 0 Å². The molecule has 2 aliphatic rings. The Balaban J connectivity index is 1.42. The van der Waals surface area contributed by atoms with Crippen LogP contribution >= 0.6 is 11.8 Å². The molecule has 1 heterocycles. The van der Waals surface area contributed by atoms with E-state index in [1.54, 1.807) is 18.2 Å². The number of ketones is 1. The lowest BCUT2D eigenvalue weighted by atomic mass is 10.0. The SMILES string of the molecule is C[C@H](Sc1nnc(-c2ccccc2F)n1C1CC1)C(=O)c1ccc2c(c1)CCC2. The summed E-state index contributed by atoms with van der Waals surface area (Å²) in [6, 6.07) is 13.0. The van der Waals surface area contributed by atoms with Crippen LogP contribution in [0.15, 0.2) is 47.6 Å². The normalized spacial score (nSPS) is 16.6. The monoisotopic (exact) mass is 407 g/mol. The van der Waals surface area contributed by atoms with Gasteiger partial charge in [-0.3, -0.25) is 9.36 Å². The molecule has 0 N–H and O–H groups in total. The van der Waals surface area contributed by atoms with Crippen LogP contribution in [0.2, 0.25) is 0 Å². The van der Waals surface area contributed by atoms with Gasteiger partial charge in [-0.15, -0.1) is 10.2 Å². The van der Waals surface area contributed by atoms with Gasteiger partial charge in [0.05, 0.1) is 10.8 Å². The van der Waals surface area contributed by atoms with Crippen molar-refractivity contribution in [2.45, 2.75) is 55.5 Å². The smallest absolute Gasteiger partial charge is 0.192 e. The number of thioether (sulfide) groups is 1. The highest BCUT2D eigenvalue weighted by Gasteiger charge is 2.32. The molecular weight excluding hydrogens is 385 g/mol. The predicted molar refractivity (Wildman–Crippen MR) is 112 cm³/mol. The number of benzene rings is 2. The molecule has 0 spiro atoms. The van der Waals surface area contributed by atoms with Gasteiger partial charge in [0.2, 0.25) is 0 Å². The molecule has 2 aliphatic carbocycles. The van der Waals surface area contributed by atoms with Crippen molar-refractivity contribution in [2.24, 2.45) is 0 Å². The molecule has 29 heavy (non-hydrogen) atoms. The molecule has 5 rings (SSSR count). The number of hydrogen-bond donors (Lipinski definition) is 0. The summed E-state index contributed by atoms with van der Waals surface area (Å²) in [7, 11) is 0. The van der Waals surface area contributed by atoms with Crippen molar-refractivity contribution in [1.29, 1.82) is 0 Å². The molecule has 0 aliphatic heterocycles. The molecule has 4 nitrogen and oxygen atoms in total. The molecule has 0 radical (unpaired) electrons. The minimum absolute atomic E-state index is 0.0995. The molecule has 6 heteroatoms. The van der Waals surface area contributed by atoms with Crippen molar-refractivity contribution >= 4 is 17.5 Å². The van der Waals surface area contributed by atoms with Crippen molar-refractivity contribution in [2.75, 3.05) is 0 Å². The number of nitrogens with zero attached hydrogens (tertiary/aromatic N) is 3. The molecule has 2 aromatic carbocycles. The summed E-state index contributed by atoms with van der Waals surface area (Å²) in [6.45, 7) is 1.91. The first-order valence-corrected chi connectivity index (χ1v) is 11.0. The van der Waals surface area contributed by atoms with E-state index in [1.165, 1.54) is 35.4 Å². The van der Waals surface area contributed by atoms with E-state index in [1.807, 2.05) is 17.6 Å². The molecular formula is C23H22FN3OS. The lowest BCUT2D eigenvalue weighted by molar-refractivity contribution is 0.0993. The molecule has 1 saturated carbocycles. The van der Waals surface area contributed by atoms with Crippen molar-refractivity contribution in [1.82, 2.24) is 14.8 Å². The summed E-state index contributed by atoms with van der Waals surface area (Å²) in [5, 5.41) is 9.01. The number of carbonyl (C=O) groups excluding carboxylic acids is 1. The fourth-order valence-corrected chi connectivity index (χ4v) is 5.01. The van der Waals surface area contributed by atoms with Gasteiger partial charge in [0.15, 0.2) is 16.8 Å². The van der Waals surface area contributed by atoms with E-state index >= 15 is 0 Å². The second-order valence-electron chi connectivity index (χ2n) is 7.85. The zero-order chi connectivity index (χ0) is 20.0. The molecule has 0 amide bonds. The topological polar surface area (TPSA) is 47.8 Å². The third kappa shape index (κ3) is 3.50. The zero-order valence-corrected chi connectivity index (χ0v) is 17.1. The van der Waals surface area contributed by atoms with E-state index in [4.69, 9.17) is 0 Å². The zero-order valence-electron chi connectivity index (χ0n) is 16.3. The first-order valence-electron chi connectivity index (χ1n) is 10.1. The maximum Gasteiger partial charge on any atom is 0.192 e. The van der Waals surface area contributed by atoms with E-state index in [2.05, 4.69) is 22.3 Å². The highest BCUT2D eigenvalue weighted by molar-refractivity contribution is 8.00. The van der Waals surface area contributed by atoms with Gasteiger partial charge < -0.3 is 0 Å². The summed E-state index contributed by atoms with van der Waals surface area (Å²) >= 11 is 1.41. The van der Waals surface area contributed by atoms with E-state index in [-0.39, 0.29) is 22.9 Å². The molecule has 0 unspecified atom stereocenters. The Labute approximate surface area is 173 Å². The van der Waals surface area contributed by atoms with Crippen molar-refractivity contribution in [3.05, 3.63) is 65.0 Å².